The topological polar surface area (TPSA) is 27.7 Å². The van der Waals surface area contributed by atoms with E-state index in [4.69, 9.17) is 28.6 Å². The lowest BCUT2D eigenvalue weighted by Gasteiger charge is -2.21. The quantitative estimate of drug-likeness (QED) is 0.328. The summed E-state index contributed by atoms with van der Waals surface area (Å²) in [6.07, 6.45) is 5.05. The van der Waals surface area contributed by atoms with Gasteiger partial charge in [0, 0.05) is 29.5 Å². The van der Waals surface area contributed by atoms with Crippen LogP contribution in [0.15, 0.2) is 55.1 Å². The van der Waals surface area contributed by atoms with Crippen LogP contribution in [0.3, 0.4) is 0 Å². The second kappa shape index (κ2) is 10.6. The molecule has 1 aliphatic heterocycles. The minimum absolute atomic E-state index is 0.698. The van der Waals surface area contributed by atoms with Crippen molar-refractivity contribution < 1.29 is 4.74 Å². The highest BCUT2D eigenvalue weighted by atomic mass is 35.5. The van der Waals surface area contributed by atoms with Crippen LogP contribution in [0.2, 0.25) is 5.02 Å². The molecule has 0 aromatic heterocycles. The molecule has 1 aliphatic rings. The number of halogens is 1. The molecule has 3 rings (SSSR count). The number of rotatable bonds is 9. The van der Waals surface area contributed by atoms with Crippen molar-refractivity contribution >= 4 is 40.3 Å². The summed E-state index contributed by atoms with van der Waals surface area (Å²) >= 11 is 11.6. The lowest BCUT2D eigenvalue weighted by atomic mass is 10.1. The molecule has 29 heavy (non-hydrogen) atoms. The van der Waals surface area contributed by atoms with Crippen molar-refractivity contribution in [1.82, 2.24) is 4.90 Å². The smallest absolute Gasteiger partial charge is 0.177 e. The van der Waals surface area contributed by atoms with E-state index >= 15 is 0 Å². The molecule has 0 saturated carbocycles. The molecule has 1 heterocycles. The third-order valence-electron chi connectivity index (χ3n) is 4.93. The first kappa shape index (κ1) is 21.6. The second-order valence-electron chi connectivity index (χ2n) is 7.24. The van der Waals surface area contributed by atoms with Crippen molar-refractivity contribution in [1.29, 1.82) is 0 Å². The van der Waals surface area contributed by atoms with Crippen LogP contribution in [0.1, 0.15) is 18.4 Å². The van der Waals surface area contributed by atoms with Gasteiger partial charge in [-0.15, -0.1) is 6.58 Å². The standard InChI is InChI=1S/C23H28ClN3OS/c1-3-13-26(2)14-4-5-16-28-21-10-11-22-18(17-21)12-15-27(22)23(29)25-20-8-6-19(24)7-9-20/h3,6-11,17H,1,4-5,12-16H2,2H3,(H,25,29). The molecule has 154 valence electrons. The number of benzene rings is 2. The van der Waals surface area contributed by atoms with Gasteiger partial charge in [-0.05, 0) is 93.1 Å². The van der Waals surface area contributed by atoms with Crippen LogP contribution < -0.4 is 15.0 Å². The van der Waals surface area contributed by atoms with Gasteiger partial charge in [0.25, 0.3) is 0 Å². The minimum Gasteiger partial charge on any atom is -0.494 e. The van der Waals surface area contributed by atoms with Gasteiger partial charge in [0.15, 0.2) is 5.11 Å². The number of hydrogen-bond acceptors (Lipinski definition) is 3. The summed E-state index contributed by atoms with van der Waals surface area (Å²) < 4.78 is 5.96. The van der Waals surface area contributed by atoms with Crippen LogP contribution in [-0.4, -0.2) is 43.3 Å². The zero-order chi connectivity index (χ0) is 20.6. The average Bonchev–Trinajstić information content (AvgIpc) is 3.13. The molecule has 0 amide bonds. The van der Waals surface area contributed by atoms with Crippen molar-refractivity contribution in [3.63, 3.8) is 0 Å². The number of ether oxygens (including phenoxy) is 1. The van der Waals surface area contributed by atoms with E-state index < -0.39 is 0 Å². The lowest BCUT2D eigenvalue weighted by molar-refractivity contribution is 0.287. The van der Waals surface area contributed by atoms with Crippen molar-refractivity contribution in [3.05, 3.63) is 65.7 Å². The third kappa shape index (κ3) is 6.20. The van der Waals surface area contributed by atoms with Crippen LogP contribution in [0.4, 0.5) is 11.4 Å². The maximum atomic E-state index is 5.96. The van der Waals surface area contributed by atoms with E-state index in [-0.39, 0.29) is 0 Å². The molecule has 0 aliphatic carbocycles. The van der Waals surface area contributed by atoms with E-state index in [9.17, 15) is 0 Å². The van der Waals surface area contributed by atoms with Crippen molar-refractivity contribution in [2.45, 2.75) is 19.3 Å². The Labute approximate surface area is 184 Å². The van der Waals surface area contributed by atoms with Gasteiger partial charge in [0.05, 0.1) is 6.61 Å². The molecular formula is C23H28ClN3OS. The number of nitrogens with one attached hydrogen (secondary N) is 1. The Kier molecular flexibility index (Phi) is 7.92. The van der Waals surface area contributed by atoms with Crippen LogP contribution in [0.5, 0.6) is 5.75 Å². The molecule has 0 bridgehead atoms. The van der Waals surface area contributed by atoms with Crippen LogP contribution >= 0.6 is 23.8 Å². The van der Waals surface area contributed by atoms with Crippen molar-refractivity contribution in [2.75, 3.05) is 43.5 Å². The highest BCUT2D eigenvalue weighted by Gasteiger charge is 2.22. The van der Waals surface area contributed by atoms with E-state index in [0.717, 1.165) is 62.6 Å². The predicted molar refractivity (Wildman–Crippen MR) is 128 cm³/mol. The van der Waals surface area contributed by atoms with Gasteiger partial charge in [-0.25, -0.2) is 0 Å². The molecule has 2 aromatic carbocycles. The van der Waals surface area contributed by atoms with Gasteiger partial charge in [-0.3, -0.25) is 0 Å². The van der Waals surface area contributed by atoms with Crippen molar-refractivity contribution in [3.8, 4) is 5.75 Å². The Bertz CT molecular complexity index is 841. The highest BCUT2D eigenvalue weighted by Crippen LogP contribution is 2.32. The predicted octanol–water partition coefficient (Wildman–Crippen LogP) is 5.38. The number of hydrogen-bond donors (Lipinski definition) is 1. The van der Waals surface area contributed by atoms with Gasteiger partial charge in [-0.2, -0.15) is 0 Å². The van der Waals surface area contributed by atoms with E-state index in [0.29, 0.717) is 10.1 Å². The summed E-state index contributed by atoms with van der Waals surface area (Å²) in [5, 5.41) is 4.70. The van der Waals surface area contributed by atoms with Gasteiger partial charge in [-0.1, -0.05) is 17.7 Å². The van der Waals surface area contributed by atoms with E-state index in [1.165, 1.54) is 5.56 Å². The summed E-state index contributed by atoms with van der Waals surface area (Å²) in [5.74, 6) is 0.932. The zero-order valence-electron chi connectivity index (χ0n) is 16.9. The Morgan fingerprint density at radius 2 is 2.07 bits per heavy atom. The number of likely N-dealkylation sites (N-methyl/N-ethyl adjacent to an activating group) is 1. The number of nitrogens with zero attached hydrogens (tertiary/aromatic N) is 2. The summed E-state index contributed by atoms with van der Waals surface area (Å²) in [6, 6.07) is 13.8. The van der Waals surface area contributed by atoms with Crippen molar-refractivity contribution in [2.24, 2.45) is 0 Å². The number of fused-ring (bicyclic) bond motifs is 1. The van der Waals surface area contributed by atoms with E-state index in [2.05, 4.69) is 40.9 Å². The maximum absolute atomic E-state index is 5.96. The van der Waals surface area contributed by atoms with Gasteiger partial charge in [0.1, 0.15) is 5.75 Å². The van der Waals surface area contributed by atoms with E-state index in [1.54, 1.807) is 0 Å². The maximum Gasteiger partial charge on any atom is 0.177 e. The first-order chi connectivity index (χ1) is 14.1. The molecule has 0 radical (unpaired) electrons. The monoisotopic (exact) mass is 429 g/mol. The summed E-state index contributed by atoms with van der Waals surface area (Å²) in [7, 11) is 2.11. The lowest BCUT2D eigenvalue weighted by Crippen LogP contribution is -2.33. The van der Waals surface area contributed by atoms with Gasteiger partial charge in [0.2, 0.25) is 0 Å². The molecular weight excluding hydrogens is 402 g/mol. The molecule has 6 heteroatoms. The Morgan fingerprint density at radius 3 is 2.83 bits per heavy atom. The Balaban J connectivity index is 1.49. The molecule has 1 N–H and O–H groups in total. The fourth-order valence-corrected chi connectivity index (χ4v) is 3.82. The second-order valence-corrected chi connectivity index (χ2v) is 8.06. The molecule has 0 spiro atoms. The molecule has 0 atom stereocenters. The fraction of sp³-hybridized carbons (Fsp3) is 0.348. The SMILES string of the molecule is C=CCN(C)CCCCOc1ccc2c(c1)CCN2C(=S)Nc1ccc(Cl)cc1. The van der Waals surface area contributed by atoms with Gasteiger partial charge < -0.3 is 19.9 Å². The molecule has 0 fully saturated rings. The first-order valence-electron chi connectivity index (χ1n) is 9.96. The third-order valence-corrected chi connectivity index (χ3v) is 5.51. The summed E-state index contributed by atoms with van der Waals surface area (Å²) in [5.41, 5.74) is 3.36. The Hall–Kier alpha value is -2.08. The van der Waals surface area contributed by atoms with Crippen LogP contribution in [0, 0.1) is 0 Å². The fourth-order valence-electron chi connectivity index (χ4n) is 3.39. The molecule has 0 unspecified atom stereocenters. The minimum atomic E-state index is 0.698. The molecule has 0 saturated heterocycles. The zero-order valence-corrected chi connectivity index (χ0v) is 18.4. The largest absolute Gasteiger partial charge is 0.494 e. The van der Waals surface area contributed by atoms with Gasteiger partial charge >= 0.3 is 0 Å². The highest BCUT2D eigenvalue weighted by molar-refractivity contribution is 7.80. The summed E-state index contributed by atoms with van der Waals surface area (Å²) in [4.78, 5) is 4.40. The normalized spacial score (nSPS) is 12.7. The van der Waals surface area contributed by atoms with E-state index in [1.807, 2.05) is 36.4 Å². The first-order valence-corrected chi connectivity index (χ1v) is 10.7. The summed E-state index contributed by atoms with van der Waals surface area (Å²) in [6.45, 7) is 7.36. The Morgan fingerprint density at radius 1 is 1.28 bits per heavy atom. The van der Waals surface area contributed by atoms with Crippen LogP contribution in [-0.2, 0) is 6.42 Å². The average molecular weight is 430 g/mol. The number of anilines is 2. The number of thiocarbonyl (C=S) groups is 1. The van der Waals surface area contributed by atoms with Crippen LogP contribution in [0.25, 0.3) is 0 Å². The number of unbranched alkanes of at least 4 members (excludes halogenated alkanes) is 1. The molecule has 4 nitrogen and oxygen atoms in total. The molecule has 2 aromatic rings.